The molecule has 48 heavy (non-hydrogen) atoms. The molecule has 0 amide bonds. The van der Waals surface area contributed by atoms with E-state index >= 15 is 0 Å². The molecule has 5 rings (SSSR count). The molecule has 0 aromatic heterocycles. The van der Waals surface area contributed by atoms with Crippen molar-refractivity contribution in [3.05, 3.63) is 0 Å². The number of aliphatic hydroxyl groups excluding tert-OH is 6. The summed E-state index contributed by atoms with van der Waals surface area (Å²) in [6.07, 6.45) is -4.14. The van der Waals surface area contributed by atoms with E-state index in [1.807, 2.05) is 20.8 Å². The van der Waals surface area contributed by atoms with Crippen molar-refractivity contribution in [3.8, 4) is 0 Å². The first-order valence-corrected chi connectivity index (χ1v) is 19.3. The molecule has 5 fully saturated rings. The van der Waals surface area contributed by atoms with Gasteiger partial charge in [-0.15, -0.1) is 0 Å². The Bertz CT molecular complexity index is 1220. The Morgan fingerprint density at radius 3 is 2.23 bits per heavy atom. The fourth-order valence-electron chi connectivity index (χ4n) is 11.6. The predicted octanol–water partition coefficient (Wildman–Crippen LogP) is 1.39. The molecule has 0 spiro atoms. The Labute approximate surface area is 284 Å². The van der Waals surface area contributed by atoms with Crippen molar-refractivity contribution in [1.29, 1.82) is 0 Å². The van der Waals surface area contributed by atoms with Gasteiger partial charge in [0, 0.05) is 12.3 Å². The number of rotatable bonds is 11. The van der Waals surface area contributed by atoms with Crippen LogP contribution in [0.3, 0.4) is 0 Å². The number of fused-ring (bicyclic) bond motifs is 5. The fourth-order valence-corrected chi connectivity index (χ4v) is 12.1. The maximum atomic E-state index is 12.7. The summed E-state index contributed by atoms with van der Waals surface area (Å²) in [5.41, 5.74) is -2.85. The highest BCUT2D eigenvalue weighted by Gasteiger charge is 2.73. The Morgan fingerprint density at radius 1 is 0.917 bits per heavy atom. The lowest BCUT2D eigenvalue weighted by Gasteiger charge is -2.66. The van der Waals surface area contributed by atoms with Gasteiger partial charge in [0.2, 0.25) is 0 Å². The van der Waals surface area contributed by atoms with Crippen LogP contribution >= 0.6 is 0 Å². The monoisotopic (exact) mass is 708 g/mol. The minimum absolute atomic E-state index is 0.0329. The lowest BCUT2D eigenvalue weighted by atomic mass is 9.42. The molecule has 8 N–H and O–H groups in total. The molecule has 18 atom stereocenters. The van der Waals surface area contributed by atoms with Gasteiger partial charge in [0.15, 0.2) is 6.29 Å². The van der Waals surface area contributed by atoms with Crippen molar-refractivity contribution in [2.75, 3.05) is 13.2 Å². The molecule has 13 nitrogen and oxygen atoms in total. The van der Waals surface area contributed by atoms with E-state index in [0.717, 1.165) is 12.8 Å². The summed E-state index contributed by atoms with van der Waals surface area (Å²) in [6.45, 7) is 10.3. The molecule has 4 saturated carbocycles. The smallest absolute Gasteiger partial charge is 0.393 e. The van der Waals surface area contributed by atoms with Crippen LogP contribution in [0.5, 0.6) is 0 Å². The Balaban J connectivity index is 1.34. The Hall–Kier alpha value is -0.490. The zero-order chi connectivity index (χ0) is 35.6. The van der Waals surface area contributed by atoms with E-state index in [0.29, 0.717) is 38.5 Å². The van der Waals surface area contributed by atoms with Gasteiger partial charge in [-0.25, -0.2) is 4.18 Å². The van der Waals surface area contributed by atoms with E-state index in [1.54, 1.807) is 0 Å². The maximum Gasteiger partial charge on any atom is 0.397 e. The van der Waals surface area contributed by atoms with Crippen molar-refractivity contribution >= 4 is 10.4 Å². The van der Waals surface area contributed by atoms with Crippen LogP contribution in [0.2, 0.25) is 0 Å². The number of aliphatic hydroxyl groups is 7. The maximum absolute atomic E-state index is 12.7. The Morgan fingerprint density at radius 2 is 1.58 bits per heavy atom. The van der Waals surface area contributed by atoms with Gasteiger partial charge in [-0.05, 0) is 84.9 Å². The molecule has 1 heterocycles. The van der Waals surface area contributed by atoms with E-state index in [9.17, 15) is 48.7 Å². The molecule has 0 aromatic rings. The summed E-state index contributed by atoms with van der Waals surface area (Å²) >= 11 is 0. The molecule has 0 radical (unpaired) electrons. The molecule has 280 valence electrons. The van der Waals surface area contributed by atoms with Gasteiger partial charge < -0.3 is 45.2 Å². The third kappa shape index (κ3) is 6.88. The van der Waals surface area contributed by atoms with E-state index in [1.165, 1.54) is 0 Å². The summed E-state index contributed by atoms with van der Waals surface area (Å²) in [7, 11) is -5.00. The van der Waals surface area contributed by atoms with Crippen molar-refractivity contribution in [1.82, 2.24) is 0 Å². The molecular weight excluding hydrogens is 648 g/mol. The van der Waals surface area contributed by atoms with Crippen LogP contribution in [0.25, 0.3) is 0 Å². The lowest BCUT2D eigenvalue weighted by molar-refractivity contribution is -0.273. The molecule has 14 heteroatoms. The average molecular weight is 709 g/mol. The summed E-state index contributed by atoms with van der Waals surface area (Å²) in [5, 5.41) is 76.5. The standard InChI is InChI=1S/C34H60O13S/c1-6-19(18(3)15-45-31-28(40)26(38)23(37)16-46-31)8-7-17(2)25-27(39)29(47-48(42,43)44)30-33(25,5)12-10-24-32(4)11-9-20(35)13-21(32)22(36)14-34(24,30)41/h17-31,35-41H,6-16H2,1-5H3,(H,42,43,44). The first-order valence-electron chi connectivity index (χ1n) is 18.0. The third-order valence-corrected chi connectivity index (χ3v) is 14.4. The zero-order valence-corrected chi connectivity index (χ0v) is 29.8. The second kappa shape index (κ2) is 14.1. The number of ether oxygens (including phenoxy) is 2. The quantitative estimate of drug-likeness (QED) is 0.142. The van der Waals surface area contributed by atoms with Crippen LogP contribution in [0, 0.1) is 52.3 Å². The predicted molar refractivity (Wildman–Crippen MR) is 172 cm³/mol. The van der Waals surface area contributed by atoms with Crippen molar-refractivity contribution in [2.24, 2.45) is 52.3 Å². The second-order valence-electron chi connectivity index (χ2n) is 16.7. The molecule has 0 bridgehead atoms. The highest BCUT2D eigenvalue weighted by molar-refractivity contribution is 7.80. The first-order chi connectivity index (χ1) is 22.3. The number of hydrogen-bond acceptors (Lipinski definition) is 12. The van der Waals surface area contributed by atoms with Gasteiger partial charge in [0.1, 0.15) is 24.4 Å². The van der Waals surface area contributed by atoms with Gasteiger partial charge in [-0.3, -0.25) is 4.55 Å². The highest BCUT2D eigenvalue weighted by atomic mass is 32.3. The van der Waals surface area contributed by atoms with Crippen LogP contribution in [-0.2, 0) is 24.1 Å². The minimum Gasteiger partial charge on any atom is -0.393 e. The van der Waals surface area contributed by atoms with Crippen molar-refractivity contribution in [2.45, 2.75) is 147 Å². The van der Waals surface area contributed by atoms with E-state index in [2.05, 4.69) is 13.8 Å². The molecular formula is C34H60O13S. The topological polar surface area (TPSA) is 224 Å². The normalized spacial score (nSPS) is 49.8. The molecule has 0 aromatic carbocycles. The largest absolute Gasteiger partial charge is 0.397 e. The Kier molecular flexibility index (Phi) is 11.4. The first kappa shape index (κ1) is 38.7. The summed E-state index contributed by atoms with van der Waals surface area (Å²) in [4.78, 5) is 0. The van der Waals surface area contributed by atoms with Gasteiger partial charge >= 0.3 is 10.4 Å². The van der Waals surface area contributed by atoms with Crippen LogP contribution in [-0.4, -0.2) is 117 Å². The van der Waals surface area contributed by atoms with E-state index in [4.69, 9.17) is 13.7 Å². The van der Waals surface area contributed by atoms with E-state index in [-0.39, 0.29) is 49.2 Å². The summed E-state index contributed by atoms with van der Waals surface area (Å²) < 4.78 is 50.7. The minimum atomic E-state index is -5.00. The zero-order valence-electron chi connectivity index (χ0n) is 29.0. The summed E-state index contributed by atoms with van der Waals surface area (Å²) in [6, 6.07) is 0. The van der Waals surface area contributed by atoms with Gasteiger partial charge in [-0.2, -0.15) is 8.42 Å². The SMILES string of the molecule is CCC(CCC(C)C1C(O)C(OS(=O)(=O)O)C2C1(C)CCC1C3(C)CCC(O)CC3C(O)CC12O)C(C)COC1OCC(O)C(O)C1O. The van der Waals surface area contributed by atoms with Gasteiger partial charge in [0.25, 0.3) is 0 Å². The van der Waals surface area contributed by atoms with E-state index < -0.39 is 87.7 Å². The second-order valence-corrected chi connectivity index (χ2v) is 17.7. The fraction of sp³-hybridized carbons (Fsp3) is 1.00. The van der Waals surface area contributed by atoms with Crippen LogP contribution in [0.4, 0.5) is 0 Å². The van der Waals surface area contributed by atoms with Crippen molar-refractivity contribution in [3.63, 3.8) is 0 Å². The van der Waals surface area contributed by atoms with Gasteiger partial charge in [0.05, 0.1) is 37.1 Å². The van der Waals surface area contributed by atoms with Gasteiger partial charge in [-0.1, -0.05) is 47.5 Å². The van der Waals surface area contributed by atoms with Crippen LogP contribution in [0.1, 0.15) is 92.4 Å². The number of hydrogen-bond donors (Lipinski definition) is 8. The third-order valence-electron chi connectivity index (χ3n) is 13.9. The van der Waals surface area contributed by atoms with Crippen LogP contribution in [0.15, 0.2) is 0 Å². The molecule has 1 saturated heterocycles. The summed E-state index contributed by atoms with van der Waals surface area (Å²) in [5.74, 6) is -1.81. The highest BCUT2D eigenvalue weighted by Crippen LogP contribution is 2.70. The lowest BCUT2D eigenvalue weighted by Crippen LogP contribution is -2.69. The average Bonchev–Trinajstić information content (AvgIpc) is 3.21. The van der Waals surface area contributed by atoms with Crippen molar-refractivity contribution < 1.29 is 62.4 Å². The molecule has 5 aliphatic rings. The molecule has 18 unspecified atom stereocenters. The molecule has 4 aliphatic carbocycles. The molecule has 1 aliphatic heterocycles. The van der Waals surface area contributed by atoms with Crippen LogP contribution < -0.4 is 0 Å².